The monoisotopic (exact) mass is 404 g/mol. The lowest BCUT2D eigenvalue weighted by Crippen LogP contribution is -2.26. The number of amides is 1. The number of hydrogen-bond donors (Lipinski definition) is 1. The molecular weight excluding hydrogens is 388 g/mol. The van der Waals surface area contributed by atoms with E-state index in [0.717, 1.165) is 37.5 Å². The van der Waals surface area contributed by atoms with Gasteiger partial charge in [-0.05, 0) is 18.6 Å². The quantitative estimate of drug-likeness (QED) is 0.490. The lowest BCUT2D eigenvalue weighted by atomic mass is 10.1. The fraction of sp³-hybridized carbons (Fsp3) is 0.150. The van der Waals surface area contributed by atoms with Crippen LogP contribution in [0.2, 0.25) is 0 Å². The first kappa shape index (κ1) is 17.5. The first-order chi connectivity index (χ1) is 14.1. The van der Waals surface area contributed by atoms with Crippen LogP contribution < -0.4 is 5.32 Å². The zero-order chi connectivity index (χ0) is 20.0. The molecule has 0 aliphatic heterocycles. The van der Waals surface area contributed by atoms with Crippen molar-refractivity contribution < 1.29 is 9.32 Å². The minimum Gasteiger partial charge on any atom is -0.351 e. The second-order valence-electron chi connectivity index (χ2n) is 6.72. The molecule has 0 aliphatic carbocycles. The summed E-state index contributed by atoms with van der Waals surface area (Å²) >= 11 is 1.54. The SMILES string of the molecule is C[C@H](NC(=O)c1ccno1)c1cccc(-c2nc3c(ncc4ncn(C)c43)s2)c1. The standard InChI is InChI=1S/C20H16N6O2S/c1-11(24-18(27)15-6-7-23-28-15)12-4-3-5-13(8-12)19-25-16-17-14(22-10-26(17)2)9-21-20(16)29-19/h3-11H,1-2H3,(H,24,27)/t11-/m0/s1. The maximum Gasteiger partial charge on any atom is 0.290 e. The van der Waals surface area contributed by atoms with Crippen molar-refractivity contribution >= 4 is 38.6 Å². The number of imidazole rings is 1. The van der Waals surface area contributed by atoms with Crippen LogP contribution in [-0.2, 0) is 7.05 Å². The summed E-state index contributed by atoms with van der Waals surface area (Å²) in [5.41, 5.74) is 4.59. The van der Waals surface area contributed by atoms with Gasteiger partial charge in [-0.3, -0.25) is 4.79 Å². The molecule has 1 atom stereocenters. The van der Waals surface area contributed by atoms with Gasteiger partial charge in [-0.2, -0.15) is 0 Å². The number of fused-ring (bicyclic) bond motifs is 3. The summed E-state index contributed by atoms with van der Waals surface area (Å²) in [4.78, 5) is 26.8. The molecule has 0 aliphatic rings. The first-order valence-electron chi connectivity index (χ1n) is 8.98. The summed E-state index contributed by atoms with van der Waals surface area (Å²) in [6, 6.07) is 9.30. The van der Waals surface area contributed by atoms with Gasteiger partial charge >= 0.3 is 0 Å². The number of nitrogens with one attached hydrogen (secondary N) is 1. The van der Waals surface area contributed by atoms with Gasteiger partial charge in [0, 0.05) is 18.7 Å². The number of hydrogen-bond acceptors (Lipinski definition) is 7. The van der Waals surface area contributed by atoms with E-state index >= 15 is 0 Å². The molecule has 144 valence electrons. The van der Waals surface area contributed by atoms with E-state index in [1.165, 1.54) is 23.6 Å². The van der Waals surface area contributed by atoms with Gasteiger partial charge in [0.05, 0.1) is 30.3 Å². The lowest BCUT2D eigenvalue weighted by Gasteiger charge is -2.14. The summed E-state index contributed by atoms with van der Waals surface area (Å²) in [5, 5.41) is 7.36. The first-order valence-corrected chi connectivity index (χ1v) is 9.80. The number of carbonyl (C=O) groups excluding carboxylic acids is 1. The van der Waals surface area contributed by atoms with Crippen LogP contribution in [0.1, 0.15) is 29.1 Å². The molecule has 1 N–H and O–H groups in total. The summed E-state index contributed by atoms with van der Waals surface area (Å²) in [7, 11) is 1.95. The Morgan fingerprint density at radius 2 is 2.17 bits per heavy atom. The molecule has 0 saturated carbocycles. The Labute approximate surface area is 169 Å². The molecular formula is C20H16N6O2S. The summed E-state index contributed by atoms with van der Waals surface area (Å²) < 4.78 is 6.87. The fourth-order valence-corrected chi connectivity index (χ4v) is 4.16. The van der Waals surface area contributed by atoms with E-state index in [1.54, 1.807) is 12.5 Å². The van der Waals surface area contributed by atoms with Crippen LogP contribution in [0.15, 0.2) is 53.6 Å². The highest BCUT2D eigenvalue weighted by atomic mass is 32.1. The van der Waals surface area contributed by atoms with Gasteiger partial charge in [0.25, 0.3) is 5.91 Å². The summed E-state index contributed by atoms with van der Waals surface area (Å²) in [6.45, 7) is 1.92. The second kappa shape index (κ2) is 6.78. The van der Waals surface area contributed by atoms with Gasteiger partial charge in [-0.25, -0.2) is 15.0 Å². The van der Waals surface area contributed by atoms with Gasteiger partial charge < -0.3 is 14.4 Å². The Hall–Kier alpha value is -3.59. The van der Waals surface area contributed by atoms with Crippen molar-refractivity contribution in [3.05, 3.63) is 60.4 Å². The molecule has 1 aromatic carbocycles. The highest BCUT2D eigenvalue weighted by Crippen LogP contribution is 2.33. The number of nitrogens with zero attached hydrogens (tertiary/aromatic N) is 5. The highest BCUT2D eigenvalue weighted by Gasteiger charge is 2.17. The van der Waals surface area contributed by atoms with Crippen LogP contribution in [0.25, 0.3) is 32.0 Å². The van der Waals surface area contributed by atoms with Gasteiger partial charge in [0.1, 0.15) is 20.9 Å². The lowest BCUT2D eigenvalue weighted by molar-refractivity contribution is 0.0902. The number of benzene rings is 1. The maximum absolute atomic E-state index is 12.2. The average Bonchev–Trinajstić information content (AvgIpc) is 3.47. The molecule has 0 radical (unpaired) electrons. The minimum atomic E-state index is -0.303. The molecule has 0 fully saturated rings. The third-order valence-corrected chi connectivity index (χ3v) is 5.76. The van der Waals surface area contributed by atoms with Crippen LogP contribution in [0, 0.1) is 0 Å². The van der Waals surface area contributed by atoms with E-state index in [9.17, 15) is 4.79 Å². The second-order valence-corrected chi connectivity index (χ2v) is 7.70. The number of thiazole rings is 1. The van der Waals surface area contributed by atoms with E-state index in [4.69, 9.17) is 9.51 Å². The molecule has 4 aromatic heterocycles. The molecule has 0 unspecified atom stereocenters. The summed E-state index contributed by atoms with van der Waals surface area (Å²) in [6.07, 6.45) is 4.99. The van der Waals surface area contributed by atoms with Crippen LogP contribution in [0.4, 0.5) is 0 Å². The predicted octanol–water partition coefficient (Wildman–Crippen LogP) is 3.72. The van der Waals surface area contributed by atoms with Gasteiger partial charge in [0.15, 0.2) is 0 Å². The number of aromatic nitrogens is 5. The molecule has 9 heteroatoms. The maximum atomic E-state index is 12.2. The Morgan fingerprint density at radius 1 is 1.28 bits per heavy atom. The zero-order valence-electron chi connectivity index (χ0n) is 15.7. The smallest absolute Gasteiger partial charge is 0.290 e. The van der Waals surface area contributed by atoms with Gasteiger partial charge in [0.2, 0.25) is 5.76 Å². The molecule has 29 heavy (non-hydrogen) atoms. The van der Waals surface area contributed by atoms with E-state index < -0.39 is 0 Å². The van der Waals surface area contributed by atoms with E-state index in [2.05, 4.69) is 20.4 Å². The molecule has 1 amide bonds. The van der Waals surface area contributed by atoms with E-state index in [0.29, 0.717) is 0 Å². The van der Waals surface area contributed by atoms with Crippen molar-refractivity contribution in [1.82, 2.24) is 30.0 Å². The van der Waals surface area contributed by atoms with Crippen molar-refractivity contribution in [1.29, 1.82) is 0 Å². The van der Waals surface area contributed by atoms with Crippen LogP contribution >= 0.6 is 11.3 Å². The van der Waals surface area contributed by atoms with Gasteiger partial charge in [-0.1, -0.05) is 34.7 Å². The third-order valence-electron chi connectivity index (χ3n) is 4.75. The molecule has 5 rings (SSSR count). The Bertz CT molecular complexity index is 1340. The Morgan fingerprint density at radius 3 is 3.00 bits per heavy atom. The molecule has 0 bridgehead atoms. The predicted molar refractivity (Wildman–Crippen MR) is 110 cm³/mol. The number of aryl methyl sites for hydroxylation is 1. The molecule has 5 aromatic rings. The normalized spacial score (nSPS) is 12.5. The molecule has 0 saturated heterocycles. The molecule has 0 spiro atoms. The Kier molecular flexibility index (Phi) is 4.09. The topological polar surface area (TPSA) is 98.7 Å². The van der Waals surface area contributed by atoms with Crippen LogP contribution in [-0.4, -0.2) is 30.6 Å². The zero-order valence-corrected chi connectivity index (χ0v) is 16.5. The van der Waals surface area contributed by atoms with E-state index in [1.807, 2.05) is 42.8 Å². The number of carbonyl (C=O) groups is 1. The highest BCUT2D eigenvalue weighted by molar-refractivity contribution is 7.21. The average molecular weight is 404 g/mol. The van der Waals surface area contributed by atoms with Crippen molar-refractivity contribution in [2.24, 2.45) is 7.05 Å². The van der Waals surface area contributed by atoms with Gasteiger partial charge in [-0.15, -0.1) is 0 Å². The van der Waals surface area contributed by atoms with Crippen molar-refractivity contribution in [3.63, 3.8) is 0 Å². The Balaban J connectivity index is 1.48. The van der Waals surface area contributed by atoms with Crippen LogP contribution in [0.5, 0.6) is 0 Å². The van der Waals surface area contributed by atoms with Crippen molar-refractivity contribution in [2.45, 2.75) is 13.0 Å². The third kappa shape index (κ3) is 3.05. The number of pyridine rings is 1. The fourth-order valence-electron chi connectivity index (χ4n) is 3.25. The van der Waals surface area contributed by atoms with Crippen molar-refractivity contribution in [3.8, 4) is 10.6 Å². The molecule has 4 heterocycles. The summed E-state index contributed by atoms with van der Waals surface area (Å²) in [5.74, 6) is -0.117. The minimum absolute atomic E-state index is 0.186. The van der Waals surface area contributed by atoms with Crippen LogP contribution in [0.3, 0.4) is 0 Å². The van der Waals surface area contributed by atoms with E-state index in [-0.39, 0.29) is 17.7 Å². The van der Waals surface area contributed by atoms with Crippen molar-refractivity contribution in [2.75, 3.05) is 0 Å². The number of rotatable bonds is 4. The largest absolute Gasteiger partial charge is 0.351 e. The molecule has 8 nitrogen and oxygen atoms in total.